The number of benzene rings is 1. The predicted molar refractivity (Wildman–Crippen MR) is 143 cm³/mol. The minimum Gasteiger partial charge on any atom is -0.484 e. The maximum atomic E-state index is 13.9. The van der Waals surface area contributed by atoms with Crippen molar-refractivity contribution in [2.24, 2.45) is 28.6 Å². The van der Waals surface area contributed by atoms with Gasteiger partial charge in [-0.2, -0.15) is 5.26 Å². The number of likely N-dealkylation sites (tertiary alicyclic amines) is 1. The highest BCUT2D eigenvalue weighted by Gasteiger charge is 2.69. The molecule has 3 N–H and O–H groups in total. The second-order valence-electron chi connectivity index (χ2n) is 12.7. The van der Waals surface area contributed by atoms with Gasteiger partial charge in [-0.1, -0.05) is 34.6 Å². The molecule has 4 rings (SSSR count). The number of halogens is 1. The highest BCUT2D eigenvalue weighted by Crippen LogP contribution is 2.65. The highest BCUT2D eigenvalue weighted by molar-refractivity contribution is 5.94. The zero-order valence-corrected chi connectivity index (χ0v) is 23.6. The highest BCUT2D eigenvalue weighted by atomic mass is 19.1. The van der Waals surface area contributed by atoms with Crippen molar-refractivity contribution < 1.29 is 28.3 Å². The molecule has 1 aliphatic carbocycles. The molecule has 2 heterocycles. The largest absolute Gasteiger partial charge is 0.484 e. The van der Waals surface area contributed by atoms with E-state index in [4.69, 9.17) is 4.74 Å². The van der Waals surface area contributed by atoms with E-state index in [1.165, 1.54) is 29.2 Å². The van der Waals surface area contributed by atoms with Crippen LogP contribution in [0.15, 0.2) is 24.3 Å². The van der Waals surface area contributed by atoms with Crippen molar-refractivity contribution in [1.82, 2.24) is 20.9 Å². The average molecular weight is 556 g/mol. The molecule has 4 amide bonds. The molecular weight excluding hydrogens is 517 g/mol. The maximum Gasteiger partial charge on any atom is 0.258 e. The summed E-state index contributed by atoms with van der Waals surface area (Å²) in [5, 5.41) is 18.0. The van der Waals surface area contributed by atoms with Crippen LogP contribution in [0.1, 0.15) is 47.5 Å². The van der Waals surface area contributed by atoms with Crippen molar-refractivity contribution in [3.63, 3.8) is 0 Å². The normalized spacial score (nSPS) is 26.1. The Labute approximate surface area is 234 Å². The first-order chi connectivity index (χ1) is 18.7. The fourth-order valence-electron chi connectivity index (χ4n) is 6.07. The van der Waals surface area contributed by atoms with Gasteiger partial charge in [0.05, 0.1) is 6.07 Å². The number of piperidine rings is 1. The third-order valence-corrected chi connectivity index (χ3v) is 8.52. The summed E-state index contributed by atoms with van der Waals surface area (Å²) in [5.41, 5.74) is -0.827. The Balaban J connectivity index is 1.46. The molecule has 1 aromatic carbocycles. The van der Waals surface area contributed by atoms with Crippen molar-refractivity contribution in [2.75, 3.05) is 19.7 Å². The molecule has 6 atom stereocenters. The SMILES string of the molecule is CC1(C)C2CN(C(=O)[C@@H](NC(=O)COc3ccc(F)cc3)C(C)(C)C)C(C(=O)N[C@H](C#N)C[C@@H]3CCNC3=O)C21. The monoisotopic (exact) mass is 555 g/mol. The summed E-state index contributed by atoms with van der Waals surface area (Å²) >= 11 is 0. The zero-order chi connectivity index (χ0) is 29.4. The Bertz CT molecular complexity index is 1200. The molecule has 3 fully saturated rings. The second kappa shape index (κ2) is 11.1. The number of hydrogen-bond acceptors (Lipinski definition) is 6. The van der Waals surface area contributed by atoms with Crippen molar-refractivity contribution in [1.29, 1.82) is 5.26 Å². The minimum absolute atomic E-state index is 0.0799. The van der Waals surface area contributed by atoms with Gasteiger partial charge in [-0.05, 0) is 59.8 Å². The smallest absolute Gasteiger partial charge is 0.258 e. The van der Waals surface area contributed by atoms with Crippen molar-refractivity contribution in [3.8, 4) is 11.8 Å². The number of nitrogens with one attached hydrogen (secondary N) is 3. The van der Waals surface area contributed by atoms with Crippen LogP contribution >= 0.6 is 0 Å². The minimum atomic E-state index is -0.943. The molecule has 2 saturated heterocycles. The lowest BCUT2D eigenvalue weighted by molar-refractivity contribution is -0.146. The van der Waals surface area contributed by atoms with Gasteiger partial charge in [0.25, 0.3) is 5.91 Å². The van der Waals surface area contributed by atoms with E-state index < -0.39 is 41.2 Å². The predicted octanol–water partition coefficient (Wildman–Crippen LogP) is 1.75. The summed E-state index contributed by atoms with van der Waals surface area (Å²) in [6.45, 7) is 10.1. The topological polar surface area (TPSA) is 141 Å². The first kappa shape index (κ1) is 29.3. The van der Waals surface area contributed by atoms with Crippen LogP contribution in [0.3, 0.4) is 0 Å². The van der Waals surface area contributed by atoms with E-state index in [9.17, 15) is 28.8 Å². The Kier molecular flexibility index (Phi) is 8.11. The number of hydrogen-bond donors (Lipinski definition) is 3. The van der Waals surface area contributed by atoms with Crippen LogP contribution < -0.4 is 20.7 Å². The zero-order valence-electron chi connectivity index (χ0n) is 23.6. The molecule has 0 radical (unpaired) electrons. The lowest BCUT2D eigenvalue weighted by Crippen LogP contribution is -2.60. The van der Waals surface area contributed by atoms with Crippen molar-refractivity contribution >= 4 is 23.6 Å². The number of rotatable bonds is 9. The van der Waals surface area contributed by atoms with Crippen LogP contribution in [0.5, 0.6) is 5.75 Å². The average Bonchev–Trinajstić information content (AvgIpc) is 3.23. The van der Waals surface area contributed by atoms with Crippen LogP contribution in [0, 0.1) is 45.7 Å². The van der Waals surface area contributed by atoms with E-state index in [0.717, 1.165) is 0 Å². The number of nitrogens with zero attached hydrogens (tertiary/aromatic N) is 2. The van der Waals surface area contributed by atoms with Gasteiger partial charge in [0.15, 0.2) is 6.61 Å². The van der Waals surface area contributed by atoms with Gasteiger partial charge in [-0.25, -0.2) is 4.39 Å². The van der Waals surface area contributed by atoms with E-state index in [-0.39, 0.29) is 48.0 Å². The number of ether oxygens (including phenoxy) is 1. The Morgan fingerprint density at radius 2 is 1.90 bits per heavy atom. The molecule has 216 valence electrons. The van der Waals surface area contributed by atoms with Crippen LogP contribution in [-0.4, -0.2) is 66.4 Å². The Hall–Kier alpha value is -3.68. The second-order valence-corrected chi connectivity index (χ2v) is 12.7. The third-order valence-electron chi connectivity index (χ3n) is 8.52. The molecular formula is C29H38FN5O5. The molecule has 0 bridgehead atoms. The number of carbonyl (C=O) groups excluding carboxylic acids is 4. The summed E-state index contributed by atoms with van der Waals surface area (Å²) in [7, 11) is 0. The molecule has 0 aromatic heterocycles. The summed E-state index contributed by atoms with van der Waals surface area (Å²) in [5.74, 6) is -1.86. The number of amides is 4. The van der Waals surface area contributed by atoms with E-state index in [1.54, 1.807) is 0 Å². The van der Waals surface area contributed by atoms with Gasteiger partial charge in [0.2, 0.25) is 17.7 Å². The molecule has 1 aromatic rings. The molecule has 3 unspecified atom stereocenters. The maximum absolute atomic E-state index is 13.9. The summed E-state index contributed by atoms with van der Waals surface area (Å²) in [6, 6.07) is 4.75. The van der Waals surface area contributed by atoms with Crippen molar-refractivity contribution in [3.05, 3.63) is 30.1 Å². The molecule has 2 aliphatic heterocycles. The molecule has 11 heteroatoms. The Morgan fingerprint density at radius 3 is 2.48 bits per heavy atom. The van der Waals surface area contributed by atoms with Crippen molar-refractivity contribution in [2.45, 2.75) is 65.6 Å². The third kappa shape index (κ3) is 6.06. The summed E-state index contributed by atoms with van der Waals surface area (Å²) in [4.78, 5) is 53.9. The fraction of sp³-hybridized carbons (Fsp3) is 0.621. The van der Waals surface area contributed by atoms with Gasteiger partial charge in [0, 0.05) is 19.0 Å². The standard InChI is InChI=1S/C29H38FN5O5/c1-28(2,3)24(34-21(36)15-40-19-8-6-17(30)7-9-19)27(39)35-14-20-22(29(20,4)5)23(35)26(38)33-18(13-31)12-16-10-11-32-25(16)37/h6-9,16,18,20,22-24H,10-12,14-15H2,1-5H3,(H,32,37)(H,33,38)(H,34,36)/t16-,18-,20?,22?,23?,24+/m0/s1. The lowest BCUT2D eigenvalue weighted by atomic mass is 9.85. The molecule has 1 saturated carbocycles. The van der Waals surface area contributed by atoms with E-state index in [2.05, 4.69) is 35.9 Å². The van der Waals surface area contributed by atoms with Crippen LogP contribution in [-0.2, 0) is 19.2 Å². The van der Waals surface area contributed by atoms with Crippen LogP contribution in [0.2, 0.25) is 0 Å². The van der Waals surface area contributed by atoms with Gasteiger partial charge in [-0.3, -0.25) is 19.2 Å². The van der Waals surface area contributed by atoms with E-state index in [0.29, 0.717) is 25.3 Å². The molecule has 10 nitrogen and oxygen atoms in total. The molecule has 0 spiro atoms. The van der Waals surface area contributed by atoms with Crippen LogP contribution in [0.4, 0.5) is 4.39 Å². The first-order valence-electron chi connectivity index (χ1n) is 13.7. The lowest BCUT2D eigenvalue weighted by Gasteiger charge is -2.37. The number of fused-ring (bicyclic) bond motifs is 1. The Morgan fingerprint density at radius 1 is 1.23 bits per heavy atom. The molecule has 3 aliphatic rings. The van der Waals surface area contributed by atoms with E-state index in [1.807, 2.05) is 20.8 Å². The molecule has 40 heavy (non-hydrogen) atoms. The first-order valence-corrected chi connectivity index (χ1v) is 13.7. The summed E-state index contributed by atoms with van der Waals surface area (Å²) < 4.78 is 18.6. The van der Waals surface area contributed by atoms with Gasteiger partial charge >= 0.3 is 0 Å². The van der Waals surface area contributed by atoms with Gasteiger partial charge in [0.1, 0.15) is 29.7 Å². The quantitative estimate of drug-likeness (QED) is 0.424. The fourth-order valence-corrected chi connectivity index (χ4v) is 6.07. The number of nitriles is 1. The number of carbonyl (C=O) groups is 4. The van der Waals surface area contributed by atoms with Gasteiger partial charge in [-0.15, -0.1) is 0 Å². The van der Waals surface area contributed by atoms with E-state index >= 15 is 0 Å². The summed E-state index contributed by atoms with van der Waals surface area (Å²) in [6.07, 6.45) is 0.817. The van der Waals surface area contributed by atoms with Gasteiger partial charge < -0.3 is 25.6 Å². The van der Waals surface area contributed by atoms with Crippen LogP contribution in [0.25, 0.3) is 0 Å².